The van der Waals surface area contributed by atoms with Gasteiger partial charge in [0.2, 0.25) is 0 Å². The van der Waals surface area contributed by atoms with Crippen molar-refractivity contribution in [3.63, 3.8) is 0 Å². The maximum absolute atomic E-state index is 12.6. The van der Waals surface area contributed by atoms with Gasteiger partial charge in [0, 0.05) is 43.1 Å². The highest BCUT2D eigenvalue weighted by atomic mass is 32.1. The molecule has 0 radical (unpaired) electrons. The summed E-state index contributed by atoms with van der Waals surface area (Å²) in [7, 11) is 0. The number of hydrogen-bond acceptors (Lipinski definition) is 6. The summed E-state index contributed by atoms with van der Waals surface area (Å²) in [5, 5.41) is 5.96. The van der Waals surface area contributed by atoms with Crippen molar-refractivity contribution in [1.29, 1.82) is 0 Å². The molecule has 0 spiro atoms. The fraction of sp³-hybridized carbons (Fsp3) is 0.269. The van der Waals surface area contributed by atoms with Crippen molar-refractivity contribution in [2.75, 3.05) is 36.4 Å². The van der Waals surface area contributed by atoms with Crippen LogP contribution in [0.3, 0.4) is 0 Å². The molecule has 182 valence electrons. The molecular formula is C26H28N4O4S. The second-order valence-corrected chi connectivity index (χ2v) is 8.81. The van der Waals surface area contributed by atoms with E-state index >= 15 is 0 Å². The first-order chi connectivity index (χ1) is 16.9. The van der Waals surface area contributed by atoms with Crippen LogP contribution in [0.5, 0.6) is 5.75 Å². The molecule has 0 saturated carbocycles. The van der Waals surface area contributed by atoms with E-state index in [1.807, 2.05) is 44.2 Å². The zero-order valence-electron chi connectivity index (χ0n) is 19.7. The predicted octanol–water partition coefficient (Wildman–Crippen LogP) is 4.16. The number of carbonyl (C=O) groups excluding carboxylic acids is 2. The fourth-order valence-electron chi connectivity index (χ4n) is 3.80. The van der Waals surface area contributed by atoms with Crippen molar-refractivity contribution in [3.8, 4) is 5.75 Å². The van der Waals surface area contributed by atoms with E-state index in [0.29, 0.717) is 30.2 Å². The smallest absolute Gasteiger partial charge is 0.289 e. The second kappa shape index (κ2) is 11.1. The Morgan fingerprint density at radius 1 is 1.00 bits per heavy atom. The first-order valence-electron chi connectivity index (χ1n) is 11.5. The topological polar surface area (TPSA) is 87.0 Å². The number of anilines is 2. The molecule has 0 atom stereocenters. The number of nitrogens with zero attached hydrogens (tertiary/aromatic N) is 2. The van der Waals surface area contributed by atoms with Crippen LogP contribution in [0.15, 0.2) is 71.3 Å². The molecule has 2 aromatic carbocycles. The number of furan rings is 1. The van der Waals surface area contributed by atoms with Crippen LogP contribution in [0.4, 0.5) is 11.4 Å². The summed E-state index contributed by atoms with van der Waals surface area (Å²) < 4.78 is 10.9. The molecule has 9 heteroatoms. The number of benzene rings is 2. The van der Waals surface area contributed by atoms with E-state index in [2.05, 4.69) is 15.5 Å². The third-order valence-corrected chi connectivity index (χ3v) is 5.69. The summed E-state index contributed by atoms with van der Waals surface area (Å²) in [6.07, 6.45) is 1.53. The lowest BCUT2D eigenvalue weighted by atomic mass is 10.2. The Morgan fingerprint density at radius 2 is 1.74 bits per heavy atom. The maximum atomic E-state index is 12.6. The van der Waals surface area contributed by atoms with Gasteiger partial charge in [-0.05, 0) is 80.7 Å². The van der Waals surface area contributed by atoms with E-state index in [1.165, 1.54) is 6.26 Å². The first-order valence-corrected chi connectivity index (χ1v) is 11.9. The molecule has 1 aliphatic heterocycles. The molecule has 2 amide bonds. The van der Waals surface area contributed by atoms with Gasteiger partial charge in [-0.15, -0.1) is 0 Å². The van der Waals surface area contributed by atoms with Crippen molar-refractivity contribution < 1.29 is 18.7 Å². The van der Waals surface area contributed by atoms with Gasteiger partial charge in [-0.1, -0.05) is 6.07 Å². The van der Waals surface area contributed by atoms with Crippen LogP contribution in [-0.2, 0) is 0 Å². The van der Waals surface area contributed by atoms with E-state index in [-0.39, 0.29) is 23.0 Å². The van der Waals surface area contributed by atoms with Crippen molar-refractivity contribution in [2.24, 2.45) is 0 Å². The van der Waals surface area contributed by atoms with Crippen LogP contribution in [0.1, 0.15) is 34.8 Å². The van der Waals surface area contributed by atoms with Gasteiger partial charge in [-0.25, -0.2) is 0 Å². The summed E-state index contributed by atoms with van der Waals surface area (Å²) in [6, 6.07) is 18.2. The lowest BCUT2D eigenvalue weighted by Crippen LogP contribution is -2.48. The quantitative estimate of drug-likeness (QED) is 0.500. The van der Waals surface area contributed by atoms with E-state index < -0.39 is 0 Å². The van der Waals surface area contributed by atoms with Crippen LogP contribution in [0.25, 0.3) is 0 Å². The standard InChI is InChI=1S/C26H28N4O4S/c1-18(2)34-22-6-3-5-19(17-22)24(31)28-26(35)27-20-8-10-21(11-9-20)29-12-14-30(15-13-29)25(32)23-7-4-16-33-23/h3-11,16-18H,12-15H2,1-2H3,(H2,27,28,31,35). The van der Waals surface area contributed by atoms with E-state index in [0.717, 1.165) is 24.5 Å². The van der Waals surface area contributed by atoms with Crippen molar-refractivity contribution in [2.45, 2.75) is 20.0 Å². The zero-order chi connectivity index (χ0) is 24.8. The third kappa shape index (κ3) is 6.39. The number of thiocarbonyl (C=S) groups is 1. The van der Waals surface area contributed by atoms with Gasteiger partial charge in [0.25, 0.3) is 11.8 Å². The van der Waals surface area contributed by atoms with Gasteiger partial charge in [0.1, 0.15) is 5.75 Å². The summed E-state index contributed by atoms with van der Waals surface area (Å²) in [5.41, 5.74) is 2.28. The highest BCUT2D eigenvalue weighted by Crippen LogP contribution is 2.21. The molecule has 3 aromatic rings. The minimum Gasteiger partial charge on any atom is -0.491 e. The molecule has 4 rings (SSSR count). The molecule has 2 heterocycles. The molecule has 1 fully saturated rings. The second-order valence-electron chi connectivity index (χ2n) is 8.41. The molecule has 1 aliphatic rings. The van der Waals surface area contributed by atoms with Gasteiger partial charge >= 0.3 is 0 Å². The Balaban J connectivity index is 1.27. The average molecular weight is 493 g/mol. The maximum Gasteiger partial charge on any atom is 0.289 e. The molecule has 8 nitrogen and oxygen atoms in total. The Kier molecular flexibility index (Phi) is 7.67. The highest BCUT2D eigenvalue weighted by molar-refractivity contribution is 7.80. The molecule has 2 N–H and O–H groups in total. The number of rotatable bonds is 6. The Hall–Kier alpha value is -3.85. The minimum atomic E-state index is -0.310. The number of nitrogens with one attached hydrogen (secondary N) is 2. The summed E-state index contributed by atoms with van der Waals surface area (Å²) in [4.78, 5) is 29.0. The number of hydrogen-bond donors (Lipinski definition) is 2. The summed E-state index contributed by atoms with van der Waals surface area (Å²) in [6.45, 7) is 6.57. The lowest BCUT2D eigenvalue weighted by Gasteiger charge is -2.35. The zero-order valence-corrected chi connectivity index (χ0v) is 20.5. The van der Waals surface area contributed by atoms with Crippen molar-refractivity contribution >= 4 is 40.5 Å². The van der Waals surface area contributed by atoms with Gasteiger partial charge in [0.05, 0.1) is 12.4 Å². The molecule has 1 saturated heterocycles. The molecule has 0 bridgehead atoms. The van der Waals surface area contributed by atoms with Crippen LogP contribution >= 0.6 is 12.2 Å². The van der Waals surface area contributed by atoms with Gasteiger partial charge < -0.3 is 24.3 Å². The minimum absolute atomic E-state index is 0.0205. The fourth-order valence-corrected chi connectivity index (χ4v) is 4.01. The molecule has 0 aliphatic carbocycles. The molecular weight excluding hydrogens is 464 g/mol. The Labute approximate surface area is 209 Å². The van der Waals surface area contributed by atoms with E-state index in [9.17, 15) is 9.59 Å². The number of piperazine rings is 1. The van der Waals surface area contributed by atoms with E-state index in [1.54, 1.807) is 35.2 Å². The van der Waals surface area contributed by atoms with Crippen LogP contribution in [-0.4, -0.2) is 54.1 Å². The molecule has 35 heavy (non-hydrogen) atoms. The predicted molar refractivity (Wildman–Crippen MR) is 139 cm³/mol. The highest BCUT2D eigenvalue weighted by Gasteiger charge is 2.23. The SMILES string of the molecule is CC(C)Oc1cccc(C(=O)NC(=S)Nc2ccc(N3CCN(C(=O)c4ccco4)CC3)cc2)c1. The average Bonchev–Trinajstić information content (AvgIpc) is 3.39. The summed E-state index contributed by atoms with van der Waals surface area (Å²) in [5.74, 6) is 0.612. The number of carbonyl (C=O) groups is 2. The Morgan fingerprint density at radius 3 is 2.40 bits per heavy atom. The van der Waals surface area contributed by atoms with Gasteiger partial charge in [-0.3, -0.25) is 14.9 Å². The monoisotopic (exact) mass is 492 g/mol. The normalized spacial score (nSPS) is 13.5. The third-order valence-electron chi connectivity index (χ3n) is 5.48. The van der Waals surface area contributed by atoms with E-state index in [4.69, 9.17) is 21.4 Å². The van der Waals surface area contributed by atoms with Crippen molar-refractivity contribution in [1.82, 2.24) is 10.2 Å². The lowest BCUT2D eigenvalue weighted by molar-refractivity contribution is 0.0714. The van der Waals surface area contributed by atoms with Crippen molar-refractivity contribution in [3.05, 3.63) is 78.3 Å². The van der Waals surface area contributed by atoms with Gasteiger partial charge in [0.15, 0.2) is 10.9 Å². The van der Waals surface area contributed by atoms with Gasteiger partial charge in [-0.2, -0.15) is 0 Å². The van der Waals surface area contributed by atoms with Crippen LogP contribution < -0.4 is 20.3 Å². The largest absolute Gasteiger partial charge is 0.491 e. The number of ether oxygens (including phenoxy) is 1. The molecule has 0 unspecified atom stereocenters. The number of amides is 2. The first kappa shape index (κ1) is 24.3. The van der Waals surface area contributed by atoms with Crippen LogP contribution in [0.2, 0.25) is 0 Å². The Bertz CT molecular complexity index is 1170. The summed E-state index contributed by atoms with van der Waals surface area (Å²) >= 11 is 5.31. The molecule has 1 aromatic heterocycles. The van der Waals surface area contributed by atoms with Crippen LogP contribution in [0, 0.1) is 0 Å².